The smallest absolute Gasteiger partial charge is 0.224 e. The van der Waals surface area contributed by atoms with E-state index in [-0.39, 0.29) is 11.9 Å². The lowest BCUT2D eigenvalue weighted by atomic mass is 10.1. The van der Waals surface area contributed by atoms with Crippen molar-refractivity contribution >= 4 is 16.9 Å². The molecular formula is C20H21N3O2. The van der Waals surface area contributed by atoms with Crippen LogP contribution in [0.15, 0.2) is 48.5 Å². The number of benzene rings is 2. The van der Waals surface area contributed by atoms with E-state index in [2.05, 4.69) is 28.9 Å². The Bertz CT molecular complexity index is 902. The zero-order valence-corrected chi connectivity index (χ0v) is 14.2. The number of hydrogen-bond donors (Lipinski definition) is 1. The average Bonchev–Trinajstić information content (AvgIpc) is 3.02. The van der Waals surface area contributed by atoms with Crippen molar-refractivity contribution in [3.63, 3.8) is 0 Å². The Balaban J connectivity index is 1.50. The van der Waals surface area contributed by atoms with E-state index in [1.165, 1.54) is 0 Å². The zero-order valence-electron chi connectivity index (χ0n) is 14.2. The molecule has 1 amide bonds. The number of aromatic nitrogens is 2. The van der Waals surface area contributed by atoms with Gasteiger partial charge in [0.1, 0.15) is 12.4 Å². The molecule has 1 aliphatic rings. The molecule has 5 heteroatoms. The highest BCUT2D eigenvalue weighted by Crippen LogP contribution is 2.27. The molecule has 0 saturated heterocycles. The SMILES string of the molecule is Cc1cccc2c1nc1n2[C@@H](CNC(=O)Cc2ccccc2)COC1. The van der Waals surface area contributed by atoms with Gasteiger partial charge in [-0.2, -0.15) is 0 Å². The second-order valence-electron chi connectivity index (χ2n) is 6.48. The summed E-state index contributed by atoms with van der Waals surface area (Å²) < 4.78 is 7.91. The highest BCUT2D eigenvalue weighted by Gasteiger charge is 2.24. The van der Waals surface area contributed by atoms with Crippen LogP contribution in [0.5, 0.6) is 0 Å². The van der Waals surface area contributed by atoms with E-state index in [0.29, 0.717) is 26.2 Å². The molecule has 1 N–H and O–H groups in total. The van der Waals surface area contributed by atoms with Crippen LogP contribution in [0.2, 0.25) is 0 Å². The van der Waals surface area contributed by atoms with Crippen LogP contribution >= 0.6 is 0 Å². The van der Waals surface area contributed by atoms with Gasteiger partial charge in [0.25, 0.3) is 0 Å². The third-order valence-corrected chi connectivity index (χ3v) is 4.64. The van der Waals surface area contributed by atoms with Crippen LogP contribution < -0.4 is 5.32 Å². The van der Waals surface area contributed by atoms with E-state index in [1.807, 2.05) is 36.4 Å². The van der Waals surface area contributed by atoms with Crippen molar-refractivity contribution < 1.29 is 9.53 Å². The molecule has 4 rings (SSSR count). The molecule has 25 heavy (non-hydrogen) atoms. The first-order chi connectivity index (χ1) is 12.2. The second kappa shape index (κ2) is 6.69. The molecule has 128 valence electrons. The standard InChI is InChI=1S/C20H21N3O2/c1-14-6-5-9-17-20(14)22-18-13-25-12-16(23(17)18)11-21-19(24)10-15-7-3-2-4-8-15/h2-9,16H,10-13H2,1H3,(H,21,24)/t16-/m0/s1. The molecule has 3 aromatic rings. The summed E-state index contributed by atoms with van der Waals surface area (Å²) in [5, 5.41) is 3.04. The number of amides is 1. The summed E-state index contributed by atoms with van der Waals surface area (Å²) in [6.07, 6.45) is 0.394. The third-order valence-electron chi connectivity index (χ3n) is 4.64. The normalized spacial score (nSPS) is 16.6. The summed E-state index contributed by atoms with van der Waals surface area (Å²) in [4.78, 5) is 17.0. The lowest BCUT2D eigenvalue weighted by Crippen LogP contribution is -2.36. The van der Waals surface area contributed by atoms with Gasteiger partial charge in [-0.15, -0.1) is 0 Å². The predicted molar refractivity (Wildman–Crippen MR) is 96.3 cm³/mol. The van der Waals surface area contributed by atoms with Gasteiger partial charge < -0.3 is 14.6 Å². The molecule has 0 saturated carbocycles. The minimum absolute atomic E-state index is 0.0268. The Kier molecular flexibility index (Phi) is 4.24. The number of aryl methyl sites for hydroxylation is 1. The summed E-state index contributed by atoms with van der Waals surface area (Å²) in [7, 11) is 0. The van der Waals surface area contributed by atoms with Gasteiger partial charge >= 0.3 is 0 Å². The van der Waals surface area contributed by atoms with E-state index in [9.17, 15) is 4.79 Å². The van der Waals surface area contributed by atoms with Crippen LogP contribution in [0.1, 0.15) is 23.0 Å². The largest absolute Gasteiger partial charge is 0.371 e. The predicted octanol–water partition coefficient (Wildman–Crippen LogP) is 2.77. The average molecular weight is 335 g/mol. The number of fused-ring (bicyclic) bond motifs is 3. The fourth-order valence-electron chi connectivity index (χ4n) is 3.40. The molecule has 0 unspecified atom stereocenters. The summed E-state index contributed by atoms with van der Waals surface area (Å²) in [5.74, 6) is 0.955. The van der Waals surface area contributed by atoms with E-state index in [1.54, 1.807) is 0 Å². The second-order valence-corrected chi connectivity index (χ2v) is 6.48. The highest BCUT2D eigenvalue weighted by molar-refractivity contribution is 5.80. The topological polar surface area (TPSA) is 56.2 Å². The van der Waals surface area contributed by atoms with Gasteiger partial charge in [0.2, 0.25) is 5.91 Å². The van der Waals surface area contributed by atoms with Crippen LogP contribution in [0.25, 0.3) is 11.0 Å². The number of hydrogen-bond acceptors (Lipinski definition) is 3. The molecular weight excluding hydrogens is 314 g/mol. The summed E-state index contributed by atoms with van der Waals surface area (Å²) in [5.41, 5.74) is 4.31. The maximum atomic E-state index is 12.2. The van der Waals surface area contributed by atoms with E-state index in [0.717, 1.165) is 28.0 Å². The first-order valence-corrected chi connectivity index (χ1v) is 8.57. The van der Waals surface area contributed by atoms with Crippen LogP contribution in [0, 0.1) is 6.92 Å². The number of imidazole rings is 1. The molecule has 1 atom stereocenters. The Morgan fingerprint density at radius 3 is 2.92 bits per heavy atom. The zero-order chi connectivity index (χ0) is 17.2. The lowest BCUT2D eigenvalue weighted by molar-refractivity contribution is -0.120. The summed E-state index contributed by atoms with van der Waals surface area (Å²) >= 11 is 0. The number of nitrogens with one attached hydrogen (secondary N) is 1. The number of carbonyl (C=O) groups is 1. The number of nitrogens with zero attached hydrogens (tertiary/aromatic N) is 2. The first kappa shape index (κ1) is 15.8. The van der Waals surface area contributed by atoms with Crippen LogP contribution in [-0.4, -0.2) is 28.6 Å². The van der Waals surface area contributed by atoms with E-state index < -0.39 is 0 Å². The van der Waals surface area contributed by atoms with Gasteiger partial charge in [0, 0.05) is 6.54 Å². The number of rotatable bonds is 4. The molecule has 0 bridgehead atoms. The van der Waals surface area contributed by atoms with Gasteiger partial charge in [-0.1, -0.05) is 42.5 Å². The fourth-order valence-corrected chi connectivity index (χ4v) is 3.40. The molecule has 1 aromatic heterocycles. The Labute approximate surface area is 146 Å². The van der Waals surface area contributed by atoms with Crippen molar-refractivity contribution in [1.82, 2.24) is 14.9 Å². The van der Waals surface area contributed by atoms with Crippen molar-refractivity contribution in [3.8, 4) is 0 Å². The summed E-state index contributed by atoms with van der Waals surface area (Å²) in [6.45, 7) is 3.71. The van der Waals surface area contributed by atoms with Crippen molar-refractivity contribution in [2.24, 2.45) is 0 Å². The molecule has 2 heterocycles. The van der Waals surface area contributed by atoms with Crippen LogP contribution in [0.4, 0.5) is 0 Å². The third kappa shape index (κ3) is 3.15. The van der Waals surface area contributed by atoms with Crippen molar-refractivity contribution in [1.29, 1.82) is 0 Å². The van der Waals surface area contributed by atoms with Crippen molar-refractivity contribution in [2.75, 3.05) is 13.2 Å². The molecule has 0 spiro atoms. The van der Waals surface area contributed by atoms with Gasteiger partial charge in [0.15, 0.2) is 0 Å². The minimum Gasteiger partial charge on any atom is -0.371 e. The Morgan fingerprint density at radius 2 is 2.08 bits per heavy atom. The monoisotopic (exact) mass is 335 g/mol. The first-order valence-electron chi connectivity index (χ1n) is 8.57. The highest BCUT2D eigenvalue weighted by atomic mass is 16.5. The maximum Gasteiger partial charge on any atom is 0.224 e. The van der Waals surface area contributed by atoms with Gasteiger partial charge in [-0.3, -0.25) is 4.79 Å². The quantitative estimate of drug-likeness (QED) is 0.798. The molecule has 1 aliphatic heterocycles. The Hall–Kier alpha value is -2.66. The maximum absolute atomic E-state index is 12.2. The van der Waals surface area contributed by atoms with E-state index in [4.69, 9.17) is 9.72 Å². The van der Waals surface area contributed by atoms with Crippen molar-refractivity contribution in [2.45, 2.75) is 26.0 Å². The lowest BCUT2D eigenvalue weighted by Gasteiger charge is -2.26. The van der Waals surface area contributed by atoms with Gasteiger partial charge in [-0.05, 0) is 24.1 Å². The molecule has 0 radical (unpaired) electrons. The summed E-state index contributed by atoms with van der Waals surface area (Å²) in [6, 6.07) is 16.0. The number of carbonyl (C=O) groups excluding carboxylic acids is 1. The van der Waals surface area contributed by atoms with Crippen molar-refractivity contribution in [3.05, 3.63) is 65.5 Å². The molecule has 0 aliphatic carbocycles. The van der Waals surface area contributed by atoms with Gasteiger partial charge in [-0.25, -0.2) is 4.98 Å². The Morgan fingerprint density at radius 1 is 1.24 bits per heavy atom. The van der Waals surface area contributed by atoms with E-state index >= 15 is 0 Å². The number of ether oxygens (including phenoxy) is 1. The van der Waals surface area contributed by atoms with Gasteiger partial charge in [0.05, 0.1) is 30.1 Å². The van der Waals surface area contributed by atoms with Crippen LogP contribution in [0.3, 0.4) is 0 Å². The molecule has 2 aromatic carbocycles. The minimum atomic E-state index is 0.0268. The van der Waals surface area contributed by atoms with Crippen LogP contribution in [-0.2, 0) is 22.6 Å². The molecule has 5 nitrogen and oxygen atoms in total. The molecule has 0 fully saturated rings. The fraction of sp³-hybridized carbons (Fsp3) is 0.300. The number of para-hydroxylation sites is 1.